The molecule has 146 valence electrons. The van der Waals surface area contributed by atoms with E-state index in [1.54, 1.807) is 0 Å². The summed E-state index contributed by atoms with van der Waals surface area (Å²) in [6, 6.07) is 8.97. The first-order chi connectivity index (χ1) is 13.3. The standard InChI is InChI=1S/C19H19N3O6/c20-10-11(22-19(28)13-6-2-8-15(24)17(13)26)4-3-9-21-18(27)12-5-1-7-14(23)16(12)25/h1-2,5-8,11,23-26H,3-4,9H2,(H,21,27)(H,22,28)/t11-/m0/s1. The summed E-state index contributed by atoms with van der Waals surface area (Å²) in [7, 11) is 0. The monoisotopic (exact) mass is 385 g/mol. The van der Waals surface area contributed by atoms with Gasteiger partial charge in [0.15, 0.2) is 23.0 Å². The summed E-state index contributed by atoms with van der Waals surface area (Å²) in [5, 5.41) is 52.3. The van der Waals surface area contributed by atoms with Gasteiger partial charge in [0.25, 0.3) is 11.8 Å². The Labute approximate surface area is 160 Å². The SMILES string of the molecule is N#C[C@H](CCCNC(=O)c1cccc(O)c1O)NC(=O)c1cccc(O)c1O. The fourth-order valence-electron chi connectivity index (χ4n) is 2.44. The van der Waals surface area contributed by atoms with Gasteiger partial charge in [-0.3, -0.25) is 9.59 Å². The van der Waals surface area contributed by atoms with Gasteiger partial charge in [0.2, 0.25) is 0 Å². The van der Waals surface area contributed by atoms with E-state index in [4.69, 9.17) is 0 Å². The molecule has 2 amide bonds. The summed E-state index contributed by atoms with van der Waals surface area (Å²) in [6.45, 7) is 0.166. The van der Waals surface area contributed by atoms with Gasteiger partial charge in [-0.15, -0.1) is 0 Å². The van der Waals surface area contributed by atoms with Crippen molar-refractivity contribution in [2.75, 3.05) is 6.54 Å². The topological polar surface area (TPSA) is 163 Å². The predicted molar refractivity (Wildman–Crippen MR) is 98.0 cm³/mol. The molecule has 0 aromatic heterocycles. The molecule has 9 nitrogen and oxygen atoms in total. The maximum Gasteiger partial charge on any atom is 0.256 e. The highest BCUT2D eigenvalue weighted by atomic mass is 16.3. The Morgan fingerprint density at radius 1 is 0.929 bits per heavy atom. The van der Waals surface area contributed by atoms with Crippen molar-refractivity contribution in [1.29, 1.82) is 5.26 Å². The van der Waals surface area contributed by atoms with Gasteiger partial charge in [0.05, 0.1) is 17.2 Å². The van der Waals surface area contributed by atoms with Crippen LogP contribution in [-0.2, 0) is 0 Å². The molecule has 1 atom stereocenters. The van der Waals surface area contributed by atoms with E-state index in [1.165, 1.54) is 36.4 Å². The molecule has 0 aliphatic carbocycles. The van der Waals surface area contributed by atoms with Crippen LogP contribution in [0.2, 0.25) is 0 Å². The van der Waals surface area contributed by atoms with Crippen molar-refractivity contribution >= 4 is 11.8 Å². The van der Waals surface area contributed by atoms with Crippen LogP contribution in [-0.4, -0.2) is 44.8 Å². The molecule has 0 saturated carbocycles. The molecule has 28 heavy (non-hydrogen) atoms. The quantitative estimate of drug-likeness (QED) is 0.309. The number of para-hydroxylation sites is 2. The smallest absolute Gasteiger partial charge is 0.256 e. The Bertz CT molecular complexity index is 922. The number of hydrogen-bond donors (Lipinski definition) is 6. The number of nitrogens with one attached hydrogen (secondary N) is 2. The Kier molecular flexibility index (Phi) is 6.65. The minimum absolute atomic E-state index is 0.0792. The summed E-state index contributed by atoms with van der Waals surface area (Å²) in [5.74, 6) is -3.25. The van der Waals surface area contributed by atoms with E-state index < -0.39 is 40.9 Å². The van der Waals surface area contributed by atoms with E-state index in [1.807, 2.05) is 6.07 Å². The third-order valence-electron chi connectivity index (χ3n) is 3.93. The van der Waals surface area contributed by atoms with E-state index in [9.17, 15) is 35.3 Å². The molecular weight excluding hydrogens is 366 g/mol. The number of phenols is 4. The minimum atomic E-state index is -0.875. The number of nitriles is 1. The average molecular weight is 385 g/mol. The molecule has 2 aromatic rings. The van der Waals surface area contributed by atoms with E-state index in [2.05, 4.69) is 10.6 Å². The average Bonchev–Trinajstić information content (AvgIpc) is 2.68. The van der Waals surface area contributed by atoms with Crippen molar-refractivity contribution in [2.45, 2.75) is 18.9 Å². The van der Waals surface area contributed by atoms with Crippen LogP contribution < -0.4 is 10.6 Å². The molecule has 9 heteroatoms. The molecule has 2 aromatic carbocycles. The lowest BCUT2D eigenvalue weighted by Gasteiger charge is -2.13. The second-order valence-electron chi connectivity index (χ2n) is 5.90. The zero-order valence-corrected chi connectivity index (χ0v) is 14.7. The highest BCUT2D eigenvalue weighted by molar-refractivity contribution is 5.98. The largest absolute Gasteiger partial charge is 0.504 e. The van der Waals surface area contributed by atoms with Crippen molar-refractivity contribution in [3.63, 3.8) is 0 Å². The van der Waals surface area contributed by atoms with Gasteiger partial charge >= 0.3 is 0 Å². The number of rotatable bonds is 7. The second kappa shape index (κ2) is 9.14. The van der Waals surface area contributed by atoms with Gasteiger partial charge in [-0.25, -0.2) is 0 Å². The first-order valence-electron chi connectivity index (χ1n) is 8.35. The van der Waals surface area contributed by atoms with Crippen molar-refractivity contribution < 1.29 is 30.0 Å². The number of aromatic hydroxyl groups is 4. The van der Waals surface area contributed by atoms with Crippen LogP contribution >= 0.6 is 0 Å². The van der Waals surface area contributed by atoms with Crippen molar-refractivity contribution in [3.8, 4) is 29.1 Å². The lowest BCUT2D eigenvalue weighted by Crippen LogP contribution is -2.34. The van der Waals surface area contributed by atoms with Crippen LogP contribution in [0.25, 0.3) is 0 Å². The molecule has 0 saturated heterocycles. The molecule has 0 aliphatic heterocycles. The number of nitrogens with zero attached hydrogens (tertiary/aromatic N) is 1. The number of amides is 2. The lowest BCUT2D eigenvalue weighted by atomic mass is 10.1. The molecule has 2 rings (SSSR count). The van der Waals surface area contributed by atoms with E-state index in [0.29, 0.717) is 6.42 Å². The second-order valence-corrected chi connectivity index (χ2v) is 5.90. The number of benzene rings is 2. The third-order valence-corrected chi connectivity index (χ3v) is 3.93. The van der Waals surface area contributed by atoms with E-state index in [-0.39, 0.29) is 24.1 Å². The predicted octanol–water partition coefficient (Wildman–Crippen LogP) is 1.34. The van der Waals surface area contributed by atoms with Crippen molar-refractivity contribution in [3.05, 3.63) is 47.5 Å². The number of carbonyl (C=O) groups is 2. The van der Waals surface area contributed by atoms with Crippen LogP contribution in [0.1, 0.15) is 33.6 Å². The number of phenolic OH excluding ortho intramolecular Hbond substituents is 4. The summed E-state index contributed by atoms with van der Waals surface area (Å²) >= 11 is 0. The Balaban J connectivity index is 1.85. The molecule has 0 bridgehead atoms. The first-order valence-corrected chi connectivity index (χ1v) is 8.35. The number of carbonyl (C=O) groups excluding carboxylic acids is 2. The molecule has 0 spiro atoms. The van der Waals surface area contributed by atoms with Gasteiger partial charge < -0.3 is 31.1 Å². The van der Waals surface area contributed by atoms with Crippen LogP contribution in [0.3, 0.4) is 0 Å². The molecule has 0 heterocycles. The zero-order chi connectivity index (χ0) is 20.7. The molecule has 0 unspecified atom stereocenters. The fraction of sp³-hybridized carbons (Fsp3) is 0.211. The summed E-state index contributed by atoms with van der Waals surface area (Å²) in [6.07, 6.45) is 0.559. The molecule has 0 aliphatic rings. The van der Waals surface area contributed by atoms with Gasteiger partial charge in [0.1, 0.15) is 6.04 Å². The van der Waals surface area contributed by atoms with E-state index in [0.717, 1.165) is 0 Å². The fourth-order valence-corrected chi connectivity index (χ4v) is 2.44. The van der Waals surface area contributed by atoms with Crippen LogP contribution in [0.15, 0.2) is 36.4 Å². The normalized spacial score (nSPS) is 11.2. The molecule has 0 fully saturated rings. The molecule has 0 radical (unpaired) electrons. The highest BCUT2D eigenvalue weighted by Gasteiger charge is 2.18. The zero-order valence-electron chi connectivity index (χ0n) is 14.7. The lowest BCUT2D eigenvalue weighted by molar-refractivity contribution is 0.0929. The Morgan fingerprint density at radius 3 is 2.00 bits per heavy atom. The van der Waals surface area contributed by atoms with Crippen LogP contribution in [0, 0.1) is 11.3 Å². The highest BCUT2D eigenvalue weighted by Crippen LogP contribution is 2.28. The number of hydrogen-bond acceptors (Lipinski definition) is 7. The summed E-state index contributed by atoms with van der Waals surface area (Å²) < 4.78 is 0. The van der Waals surface area contributed by atoms with Gasteiger partial charge in [-0.05, 0) is 37.1 Å². The first kappa shape index (κ1) is 20.4. The minimum Gasteiger partial charge on any atom is -0.504 e. The van der Waals surface area contributed by atoms with Crippen molar-refractivity contribution in [1.82, 2.24) is 10.6 Å². The maximum atomic E-state index is 12.1. The van der Waals surface area contributed by atoms with Gasteiger partial charge in [-0.1, -0.05) is 12.1 Å². The van der Waals surface area contributed by atoms with Crippen molar-refractivity contribution in [2.24, 2.45) is 0 Å². The molecule has 6 N–H and O–H groups in total. The summed E-state index contributed by atoms with van der Waals surface area (Å²) in [5.41, 5.74) is -0.239. The van der Waals surface area contributed by atoms with Crippen LogP contribution in [0.4, 0.5) is 0 Å². The van der Waals surface area contributed by atoms with Gasteiger partial charge in [0, 0.05) is 6.54 Å². The molecular formula is C19H19N3O6. The summed E-state index contributed by atoms with van der Waals surface area (Å²) in [4.78, 5) is 24.1. The Morgan fingerprint density at radius 2 is 1.46 bits per heavy atom. The third kappa shape index (κ3) is 4.82. The maximum absolute atomic E-state index is 12.1. The van der Waals surface area contributed by atoms with E-state index >= 15 is 0 Å². The van der Waals surface area contributed by atoms with Crippen LogP contribution in [0.5, 0.6) is 23.0 Å². The Hall–Kier alpha value is -3.93. The van der Waals surface area contributed by atoms with Gasteiger partial charge in [-0.2, -0.15) is 5.26 Å².